The van der Waals surface area contributed by atoms with Crippen molar-refractivity contribution in [3.05, 3.63) is 36.9 Å². The van der Waals surface area contributed by atoms with Crippen LogP contribution in [0.5, 0.6) is 0 Å². The summed E-state index contributed by atoms with van der Waals surface area (Å²) >= 11 is 0. The topological polar surface area (TPSA) is 72.5 Å². The van der Waals surface area contributed by atoms with Gasteiger partial charge in [0, 0.05) is 0 Å². The van der Waals surface area contributed by atoms with Gasteiger partial charge >= 0.3 is 0 Å². The van der Waals surface area contributed by atoms with E-state index in [0.717, 1.165) is 18.9 Å². The first-order valence-corrected chi connectivity index (χ1v) is 14.3. The first-order chi connectivity index (χ1) is 16.0. The number of nitrogens with one attached hydrogen (secondary N) is 1. The largest absolute Gasteiger partial charge is 0.321 e. The molecule has 6 heteroatoms. The Hall–Kier alpha value is -1.66. The summed E-state index contributed by atoms with van der Waals surface area (Å²) in [6, 6.07) is 6.23. The number of amides is 1. The van der Waals surface area contributed by atoms with Crippen molar-refractivity contribution in [2.24, 2.45) is 0 Å². The molecule has 0 aliphatic rings. The molecule has 1 N–H and O–H groups in total. The summed E-state index contributed by atoms with van der Waals surface area (Å²) in [5.41, 5.74) is 0.203. The maximum Gasteiger partial charge on any atom is 0.299 e. The maximum absolute atomic E-state index is 12.5. The number of unbranched alkanes of at least 4 members (excludes halogenated alkanes) is 15. The molecule has 0 unspecified atom stereocenters. The Morgan fingerprint density at radius 3 is 1.76 bits per heavy atom. The third-order valence-electron chi connectivity index (χ3n) is 5.84. The number of para-hydroxylation sites is 1. The number of anilines is 1. The Labute approximate surface area is 202 Å². The molecule has 0 saturated heterocycles. The number of carbonyl (C=O) groups excluding carboxylic acids is 1. The molecule has 188 valence electrons. The highest BCUT2D eigenvalue weighted by Crippen LogP contribution is 2.23. The minimum Gasteiger partial charge on any atom is -0.321 e. The van der Waals surface area contributed by atoms with Gasteiger partial charge in [-0.2, -0.15) is 8.42 Å². The van der Waals surface area contributed by atoms with Gasteiger partial charge in [0.15, 0.2) is 0 Å². The van der Waals surface area contributed by atoms with Crippen LogP contribution in [0.15, 0.2) is 41.8 Å². The molecular formula is C27H45NO4S. The van der Waals surface area contributed by atoms with Crippen molar-refractivity contribution in [2.45, 2.75) is 115 Å². The lowest BCUT2D eigenvalue weighted by Gasteiger charge is -2.11. The van der Waals surface area contributed by atoms with Crippen LogP contribution < -0.4 is 5.32 Å². The second-order valence-electron chi connectivity index (χ2n) is 8.77. The Balaban J connectivity index is 2.04. The van der Waals surface area contributed by atoms with Crippen LogP contribution in [0, 0.1) is 0 Å². The van der Waals surface area contributed by atoms with Crippen molar-refractivity contribution < 1.29 is 17.4 Å². The van der Waals surface area contributed by atoms with E-state index >= 15 is 0 Å². The summed E-state index contributed by atoms with van der Waals surface area (Å²) in [7, 11) is -3.91. The monoisotopic (exact) mass is 479 g/mol. The summed E-state index contributed by atoms with van der Waals surface area (Å²) in [6.07, 6.45) is 21.4. The van der Waals surface area contributed by atoms with E-state index in [2.05, 4.69) is 18.8 Å². The smallest absolute Gasteiger partial charge is 0.299 e. The fourth-order valence-corrected chi connectivity index (χ4v) is 4.95. The molecular weight excluding hydrogens is 434 g/mol. The van der Waals surface area contributed by atoms with Gasteiger partial charge in [0.2, 0.25) is 5.91 Å². The van der Waals surface area contributed by atoms with E-state index in [4.69, 9.17) is 4.18 Å². The summed E-state index contributed by atoms with van der Waals surface area (Å²) in [6.45, 7) is 5.80. The zero-order valence-electron chi connectivity index (χ0n) is 20.7. The van der Waals surface area contributed by atoms with Crippen molar-refractivity contribution in [3.8, 4) is 0 Å². The number of hydrogen-bond donors (Lipinski definition) is 1. The van der Waals surface area contributed by atoms with Crippen LogP contribution in [0.1, 0.15) is 110 Å². The second kappa shape index (κ2) is 18.7. The Kier molecular flexibility index (Phi) is 16.7. The molecule has 1 aromatic carbocycles. The van der Waals surface area contributed by atoms with Crippen molar-refractivity contribution in [3.63, 3.8) is 0 Å². The van der Waals surface area contributed by atoms with E-state index in [0.29, 0.717) is 6.42 Å². The van der Waals surface area contributed by atoms with Crippen molar-refractivity contribution >= 4 is 21.7 Å². The first kappa shape index (κ1) is 29.4. The van der Waals surface area contributed by atoms with Gasteiger partial charge in [-0.1, -0.05) is 122 Å². The van der Waals surface area contributed by atoms with E-state index in [1.165, 1.54) is 95.6 Å². The van der Waals surface area contributed by atoms with Gasteiger partial charge < -0.3 is 5.32 Å². The van der Waals surface area contributed by atoms with E-state index in [-0.39, 0.29) is 17.2 Å². The highest BCUT2D eigenvalue weighted by Gasteiger charge is 2.19. The average Bonchev–Trinajstić information content (AvgIpc) is 2.81. The minimum absolute atomic E-state index is 0.0308. The molecule has 1 amide bonds. The van der Waals surface area contributed by atoms with Gasteiger partial charge in [0.1, 0.15) is 4.90 Å². The van der Waals surface area contributed by atoms with Gasteiger partial charge in [0.05, 0.1) is 12.3 Å². The van der Waals surface area contributed by atoms with E-state index in [1.54, 1.807) is 12.1 Å². The molecule has 0 aliphatic heterocycles. The van der Waals surface area contributed by atoms with Crippen molar-refractivity contribution in [1.29, 1.82) is 0 Å². The Morgan fingerprint density at radius 2 is 1.27 bits per heavy atom. The van der Waals surface area contributed by atoms with Gasteiger partial charge in [-0.3, -0.25) is 8.98 Å². The first-order valence-electron chi connectivity index (χ1n) is 12.9. The minimum atomic E-state index is -3.91. The molecule has 0 atom stereocenters. The van der Waals surface area contributed by atoms with Gasteiger partial charge in [0.25, 0.3) is 10.1 Å². The van der Waals surface area contributed by atoms with Gasteiger partial charge in [-0.05, 0) is 24.6 Å². The van der Waals surface area contributed by atoms with Crippen molar-refractivity contribution in [2.75, 3.05) is 11.9 Å². The van der Waals surface area contributed by atoms with Crippen LogP contribution in [-0.4, -0.2) is 20.9 Å². The van der Waals surface area contributed by atoms with E-state index < -0.39 is 16.0 Å². The fraction of sp³-hybridized carbons (Fsp3) is 0.667. The summed E-state index contributed by atoms with van der Waals surface area (Å²) in [5, 5.41) is 2.51. The lowest BCUT2D eigenvalue weighted by Crippen LogP contribution is -2.14. The maximum atomic E-state index is 12.5. The van der Waals surface area contributed by atoms with Crippen molar-refractivity contribution in [1.82, 2.24) is 0 Å². The number of rotatable bonds is 21. The molecule has 0 aliphatic carbocycles. The van der Waals surface area contributed by atoms with Crippen LogP contribution >= 0.6 is 0 Å². The molecule has 0 heterocycles. The molecule has 33 heavy (non-hydrogen) atoms. The van der Waals surface area contributed by atoms with E-state index in [1.807, 2.05) is 0 Å². The molecule has 5 nitrogen and oxygen atoms in total. The number of benzene rings is 1. The zero-order valence-corrected chi connectivity index (χ0v) is 21.5. The normalized spacial score (nSPS) is 11.4. The lowest BCUT2D eigenvalue weighted by molar-refractivity contribution is -0.111. The summed E-state index contributed by atoms with van der Waals surface area (Å²) in [5.74, 6) is -0.463. The summed E-state index contributed by atoms with van der Waals surface area (Å²) in [4.78, 5) is 11.5. The zero-order chi connectivity index (χ0) is 24.2. The van der Waals surface area contributed by atoms with Crippen LogP contribution in [0.25, 0.3) is 0 Å². The quantitative estimate of drug-likeness (QED) is 0.111. The SMILES string of the molecule is C=CC(=O)Nc1ccccc1S(=O)(=O)OCCCCCCCCCCCCCCCCCC. The van der Waals surface area contributed by atoms with Crippen LogP contribution in [0.4, 0.5) is 5.69 Å². The second-order valence-corrected chi connectivity index (χ2v) is 10.4. The molecule has 0 saturated carbocycles. The van der Waals surface area contributed by atoms with Crippen LogP contribution in [0.3, 0.4) is 0 Å². The molecule has 0 aromatic heterocycles. The number of hydrogen-bond acceptors (Lipinski definition) is 4. The molecule has 0 fully saturated rings. The standard InChI is InChI=1S/C27H45NO4S/c1-3-5-6-7-8-9-10-11-12-13-14-15-16-17-18-21-24-32-33(30,31)26-23-20-19-22-25(26)28-27(29)4-2/h4,19-20,22-23H,2-3,5-18,21,24H2,1H3,(H,28,29). The highest BCUT2D eigenvalue weighted by molar-refractivity contribution is 7.87. The third kappa shape index (κ3) is 14.3. The van der Waals surface area contributed by atoms with Gasteiger partial charge in [-0.25, -0.2) is 0 Å². The van der Waals surface area contributed by atoms with E-state index in [9.17, 15) is 13.2 Å². The average molecular weight is 480 g/mol. The molecule has 0 radical (unpaired) electrons. The fourth-order valence-electron chi connectivity index (χ4n) is 3.85. The predicted molar refractivity (Wildman–Crippen MR) is 138 cm³/mol. The van der Waals surface area contributed by atoms with Crippen LogP contribution in [0.2, 0.25) is 0 Å². The van der Waals surface area contributed by atoms with Crippen LogP contribution in [-0.2, 0) is 19.1 Å². The third-order valence-corrected chi connectivity index (χ3v) is 7.21. The predicted octanol–water partition coefficient (Wildman–Crippen LogP) is 7.78. The Morgan fingerprint density at radius 1 is 0.818 bits per heavy atom. The highest BCUT2D eigenvalue weighted by atomic mass is 32.2. The van der Waals surface area contributed by atoms with Gasteiger partial charge in [-0.15, -0.1) is 0 Å². The molecule has 1 aromatic rings. The number of carbonyl (C=O) groups is 1. The molecule has 1 rings (SSSR count). The lowest BCUT2D eigenvalue weighted by atomic mass is 10.0. The summed E-state index contributed by atoms with van der Waals surface area (Å²) < 4.78 is 30.2. The molecule has 0 bridgehead atoms. The Bertz CT molecular complexity index is 761. The molecule has 0 spiro atoms.